The van der Waals surface area contributed by atoms with Crippen molar-refractivity contribution in [3.8, 4) is 0 Å². The molecule has 37 heavy (non-hydrogen) atoms. The summed E-state index contributed by atoms with van der Waals surface area (Å²) in [5.74, 6) is -1.82. The number of aryl methyl sites for hydroxylation is 1. The number of β-lactam (4-membered cyclic amide) rings is 1. The van der Waals surface area contributed by atoms with Crippen molar-refractivity contribution in [3.05, 3.63) is 118 Å². The minimum absolute atomic E-state index is 0.00887. The number of likely N-dealkylation sites (tertiary alicyclic amines) is 1. The highest BCUT2D eigenvalue weighted by Crippen LogP contribution is 2.30. The molecular weight excluding hydrogens is 488 g/mol. The minimum atomic E-state index is -1.14. The number of carbonyl (C=O) groups excluding carboxylic acids is 3. The van der Waals surface area contributed by atoms with E-state index < -0.39 is 29.9 Å². The number of nitrogens with one attached hydrogen (secondary N) is 1. The summed E-state index contributed by atoms with van der Waals surface area (Å²) in [6, 6.07) is 24.2. The molecule has 0 radical (unpaired) electrons. The molecule has 3 aromatic carbocycles. The van der Waals surface area contributed by atoms with Crippen molar-refractivity contribution in [1.29, 1.82) is 0 Å². The van der Waals surface area contributed by atoms with Crippen molar-refractivity contribution in [2.24, 2.45) is 0 Å². The third-order valence-corrected chi connectivity index (χ3v) is 6.52. The van der Waals surface area contributed by atoms with Crippen LogP contribution in [0.25, 0.3) is 0 Å². The summed E-state index contributed by atoms with van der Waals surface area (Å²) < 4.78 is 18.0. The summed E-state index contributed by atoms with van der Waals surface area (Å²) in [5, 5.41) is 2.60. The van der Waals surface area contributed by atoms with E-state index in [2.05, 4.69) is 5.32 Å². The number of hydrogen-bond acceptors (Lipinski definition) is 5. The van der Waals surface area contributed by atoms with Gasteiger partial charge in [-0.3, -0.25) is 14.5 Å². The van der Waals surface area contributed by atoms with Crippen molar-refractivity contribution in [1.82, 2.24) is 10.2 Å². The number of ether oxygens (including phenoxy) is 1. The number of esters is 1. The number of hydrogen-bond donors (Lipinski definition) is 1. The Hall–Kier alpha value is -4.30. The van der Waals surface area contributed by atoms with Crippen LogP contribution < -0.4 is 5.32 Å². The summed E-state index contributed by atoms with van der Waals surface area (Å²) in [6.07, 6.45) is -0.721. The zero-order valence-corrected chi connectivity index (χ0v) is 21.5. The first-order valence-electron chi connectivity index (χ1n) is 11.7. The highest BCUT2D eigenvalue weighted by Gasteiger charge is 2.49. The van der Waals surface area contributed by atoms with Crippen LogP contribution in [0.2, 0.25) is 0 Å². The molecule has 7 nitrogen and oxygen atoms in total. The summed E-state index contributed by atoms with van der Waals surface area (Å²) >= 11 is 0.0610. The second-order valence-electron chi connectivity index (χ2n) is 8.82. The van der Waals surface area contributed by atoms with Crippen molar-refractivity contribution in [2.45, 2.75) is 32.9 Å². The van der Waals surface area contributed by atoms with Gasteiger partial charge in [-0.2, -0.15) is 0 Å². The van der Waals surface area contributed by atoms with Gasteiger partial charge in [-0.15, -0.1) is 0 Å². The van der Waals surface area contributed by atoms with Crippen LogP contribution in [-0.2, 0) is 25.6 Å². The summed E-state index contributed by atoms with van der Waals surface area (Å²) in [4.78, 5) is 40.3. The second kappa shape index (κ2) is 11.2. The van der Waals surface area contributed by atoms with Gasteiger partial charge in [0.05, 0.1) is 0 Å². The Morgan fingerprint density at radius 3 is 1.92 bits per heavy atom. The lowest BCUT2D eigenvalue weighted by Crippen LogP contribution is -2.68. The van der Waals surface area contributed by atoms with E-state index in [1.54, 1.807) is 38.1 Å². The van der Waals surface area contributed by atoms with Crippen LogP contribution in [0.5, 0.6) is 0 Å². The molecule has 1 aliphatic heterocycles. The lowest BCUT2D eigenvalue weighted by molar-refractivity contribution is -0.147. The SMILES string of the molecule is CC(C)=C(C(=O)OC(c1ccccc1)c1ccccc1)N1C(=O)C(NC(=O)c2ccc(C)cc2)C1=S=O. The van der Waals surface area contributed by atoms with Gasteiger partial charge in [-0.05, 0) is 49.6 Å². The van der Waals surface area contributed by atoms with Crippen LogP contribution in [-0.4, -0.2) is 37.9 Å². The normalized spacial score (nSPS) is 14.6. The average Bonchev–Trinajstić information content (AvgIpc) is 2.91. The summed E-state index contributed by atoms with van der Waals surface area (Å²) in [5.41, 5.74) is 3.32. The van der Waals surface area contributed by atoms with Crippen LogP contribution >= 0.6 is 0 Å². The van der Waals surface area contributed by atoms with Gasteiger partial charge in [0, 0.05) is 5.56 Å². The van der Waals surface area contributed by atoms with Gasteiger partial charge < -0.3 is 10.1 Å². The van der Waals surface area contributed by atoms with Gasteiger partial charge >= 0.3 is 5.97 Å². The molecule has 8 heteroatoms. The van der Waals surface area contributed by atoms with Crippen LogP contribution in [0.4, 0.5) is 0 Å². The zero-order valence-electron chi connectivity index (χ0n) is 20.6. The molecule has 0 aromatic heterocycles. The Morgan fingerprint density at radius 2 is 1.43 bits per heavy atom. The molecule has 1 fully saturated rings. The van der Waals surface area contributed by atoms with Crippen molar-refractivity contribution < 1.29 is 23.3 Å². The van der Waals surface area contributed by atoms with E-state index in [0.29, 0.717) is 11.1 Å². The third kappa shape index (κ3) is 5.44. The molecule has 1 saturated heterocycles. The van der Waals surface area contributed by atoms with Crippen LogP contribution in [0.3, 0.4) is 0 Å². The fourth-order valence-electron chi connectivity index (χ4n) is 4.02. The molecule has 188 valence electrons. The maximum atomic E-state index is 13.5. The summed E-state index contributed by atoms with van der Waals surface area (Å²) in [7, 11) is 0. The number of amides is 2. The molecule has 1 N–H and O–H groups in total. The average molecular weight is 515 g/mol. The maximum Gasteiger partial charge on any atom is 0.356 e. The first kappa shape index (κ1) is 25.8. The predicted molar refractivity (Wildman–Crippen MR) is 142 cm³/mol. The molecular formula is C29H26N2O5S. The second-order valence-corrected chi connectivity index (χ2v) is 9.41. The van der Waals surface area contributed by atoms with Gasteiger partial charge in [-0.25, -0.2) is 9.00 Å². The number of allylic oxidation sites excluding steroid dienone is 1. The van der Waals surface area contributed by atoms with Gasteiger partial charge in [0.15, 0.2) is 17.1 Å². The highest BCUT2D eigenvalue weighted by molar-refractivity contribution is 7.67. The van der Waals surface area contributed by atoms with E-state index in [1.807, 2.05) is 67.6 Å². The van der Waals surface area contributed by atoms with E-state index in [0.717, 1.165) is 21.6 Å². The third-order valence-electron chi connectivity index (χ3n) is 5.93. The molecule has 1 atom stereocenters. The Labute approximate surface area is 218 Å². The number of carbonyl (C=O) groups is 3. The standard InChI is InChI=1S/C29H26N2O5S/c1-18(2)24(29(34)36-25(20-10-6-4-7-11-20)21-12-8-5-9-13-21)31-27(33)23(28(31)37-35)30-26(32)22-16-14-19(3)15-17-22/h4-17,23,25H,1-3H3,(H,30,32). The Balaban J connectivity index is 1.57. The maximum absolute atomic E-state index is 13.5. The summed E-state index contributed by atoms with van der Waals surface area (Å²) in [6.45, 7) is 5.22. The molecule has 1 aliphatic rings. The van der Waals surface area contributed by atoms with E-state index in [1.165, 1.54) is 0 Å². The monoisotopic (exact) mass is 514 g/mol. The van der Waals surface area contributed by atoms with Gasteiger partial charge in [0.25, 0.3) is 11.8 Å². The minimum Gasteiger partial charge on any atom is -0.448 e. The van der Waals surface area contributed by atoms with Crippen molar-refractivity contribution in [3.63, 3.8) is 0 Å². The van der Waals surface area contributed by atoms with Gasteiger partial charge in [-0.1, -0.05) is 78.4 Å². The van der Waals surface area contributed by atoms with Crippen LogP contribution in [0, 0.1) is 6.92 Å². The fourth-order valence-corrected chi connectivity index (χ4v) is 4.53. The smallest absolute Gasteiger partial charge is 0.356 e. The molecule has 4 rings (SSSR count). The van der Waals surface area contributed by atoms with Crippen LogP contribution in [0.1, 0.15) is 47.0 Å². The number of benzene rings is 3. The molecule has 3 aromatic rings. The highest BCUT2D eigenvalue weighted by atomic mass is 32.1. The fraction of sp³-hybridized carbons (Fsp3) is 0.172. The quantitative estimate of drug-likeness (QED) is 0.223. The first-order valence-corrected chi connectivity index (χ1v) is 12.4. The molecule has 2 amide bonds. The number of nitrogens with zero attached hydrogens (tertiary/aromatic N) is 1. The Kier molecular flexibility index (Phi) is 7.79. The van der Waals surface area contributed by atoms with Gasteiger partial charge in [0.2, 0.25) is 0 Å². The molecule has 0 spiro atoms. The van der Waals surface area contributed by atoms with Crippen molar-refractivity contribution >= 4 is 34.0 Å². The topological polar surface area (TPSA) is 92.8 Å². The van der Waals surface area contributed by atoms with Crippen LogP contribution in [0.15, 0.2) is 96.2 Å². The van der Waals surface area contributed by atoms with E-state index >= 15 is 0 Å². The largest absolute Gasteiger partial charge is 0.448 e. The zero-order chi connectivity index (χ0) is 26.5. The molecule has 0 bridgehead atoms. The van der Waals surface area contributed by atoms with E-state index in [9.17, 15) is 18.6 Å². The molecule has 0 aliphatic carbocycles. The van der Waals surface area contributed by atoms with E-state index in [4.69, 9.17) is 4.74 Å². The Bertz CT molecular complexity index is 1370. The lowest BCUT2D eigenvalue weighted by atomic mass is 10.0. The van der Waals surface area contributed by atoms with E-state index in [-0.39, 0.29) is 21.9 Å². The predicted octanol–water partition coefficient (Wildman–Crippen LogP) is 3.91. The molecule has 1 unspecified atom stereocenters. The number of rotatable bonds is 7. The lowest BCUT2D eigenvalue weighted by Gasteiger charge is -2.39. The molecule has 0 saturated carbocycles. The van der Waals surface area contributed by atoms with Gasteiger partial charge in [0.1, 0.15) is 17.0 Å². The molecule has 1 heterocycles. The Morgan fingerprint density at radius 1 is 0.892 bits per heavy atom. The van der Waals surface area contributed by atoms with Crippen molar-refractivity contribution in [2.75, 3.05) is 0 Å². The first-order chi connectivity index (χ1) is 17.8.